The van der Waals surface area contributed by atoms with Gasteiger partial charge in [0, 0.05) is 11.6 Å². The Labute approximate surface area is 192 Å². The second-order valence-corrected chi connectivity index (χ2v) is 10.3. The van der Waals surface area contributed by atoms with Crippen LogP contribution in [0.3, 0.4) is 0 Å². The van der Waals surface area contributed by atoms with Crippen LogP contribution in [0.2, 0.25) is 0 Å². The van der Waals surface area contributed by atoms with Crippen molar-refractivity contribution in [3.05, 3.63) is 77.8 Å². The molecule has 1 aromatic heterocycles. The SMILES string of the molecule is CCCOc1ccccc1C(=O)N(Cc1ccc(-c2ccc(F)cc2)o1)C1CCS(=O)(=O)C1. The second kappa shape index (κ2) is 9.79. The summed E-state index contributed by atoms with van der Waals surface area (Å²) < 4.78 is 49.3. The fourth-order valence-electron chi connectivity index (χ4n) is 3.92. The fraction of sp³-hybridized carbons (Fsp3) is 0.320. The van der Waals surface area contributed by atoms with Crippen LogP contribution in [-0.4, -0.2) is 43.4 Å². The molecule has 33 heavy (non-hydrogen) atoms. The van der Waals surface area contributed by atoms with E-state index in [4.69, 9.17) is 9.15 Å². The Morgan fingerprint density at radius 1 is 1.12 bits per heavy atom. The van der Waals surface area contributed by atoms with Gasteiger partial charge in [-0.05, 0) is 61.4 Å². The molecule has 1 aliphatic heterocycles. The fourth-order valence-corrected chi connectivity index (χ4v) is 5.65. The number of rotatable bonds is 8. The summed E-state index contributed by atoms with van der Waals surface area (Å²) in [7, 11) is -3.21. The number of amides is 1. The molecule has 1 fully saturated rings. The third kappa shape index (κ3) is 5.45. The third-order valence-electron chi connectivity index (χ3n) is 5.61. The van der Waals surface area contributed by atoms with Crippen LogP contribution in [0.15, 0.2) is 65.1 Å². The van der Waals surface area contributed by atoms with Crippen LogP contribution in [0.5, 0.6) is 5.75 Å². The van der Waals surface area contributed by atoms with E-state index in [-0.39, 0.29) is 29.8 Å². The molecule has 1 unspecified atom stereocenters. The normalized spacial score (nSPS) is 17.1. The summed E-state index contributed by atoms with van der Waals surface area (Å²) in [6.45, 7) is 2.57. The number of halogens is 1. The molecule has 1 amide bonds. The van der Waals surface area contributed by atoms with Gasteiger partial charge < -0.3 is 14.1 Å². The lowest BCUT2D eigenvalue weighted by molar-refractivity contribution is 0.0662. The van der Waals surface area contributed by atoms with Gasteiger partial charge in [0.2, 0.25) is 0 Å². The first-order valence-corrected chi connectivity index (χ1v) is 12.8. The standard InChI is InChI=1S/C25H26FNO5S/c1-2-14-31-24-6-4-3-5-22(24)25(28)27(20-13-15-33(29,30)17-20)16-21-11-12-23(32-21)18-7-9-19(26)10-8-18/h3-12,20H,2,13-17H2,1H3. The Hall–Kier alpha value is -3.13. The van der Waals surface area contributed by atoms with Gasteiger partial charge in [0.05, 0.1) is 30.2 Å². The predicted octanol–water partition coefficient (Wildman–Crippen LogP) is 4.70. The smallest absolute Gasteiger partial charge is 0.258 e. The molecule has 0 spiro atoms. The van der Waals surface area contributed by atoms with Crippen molar-refractivity contribution in [2.45, 2.75) is 32.4 Å². The van der Waals surface area contributed by atoms with Crippen molar-refractivity contribution in [2.75, 3.05) is 18.1 Å². The van der Waals surface area contributed by atoms with E-state index in [1.165, 1.54) is 12.1 Å². The van der Waals surface area contributed by atoms with Crippen LogP contribution in [0.1, 0.15) is 35.9 Å². The largest absolute Gasteiger partial charge is 0.493 e. The van der Waals surface area contributed by atoms with E-state index in [2.05, 4.69) is 0 Å². The van der Waals surface area contributed by atoms with Crippen molar-refractivity contribution in [1.29, 1.82) is 0 Å². The molecule has 6 nitrogen and oxygen atoms in total. The zero-order valence-electron chi connectivity index (χ0n) is 18.4. The van der Waals surface area contributed by atoms with Gasteiger partial charge in [0.25, 0.3) is 5.91 Å². The Morgan fingerprint density at radius 3 is 2.58 bits per heavy atom. The first-order chi connectivity index (χ1) is 15.9. The van der Waals surface area contributed by atoms with E-state index >= 15 is 0 Å². The average Bonchev–Trinajstić information content (AvgIpc) is 3.42. The molecular formula is C25H26FNO5S. The maximum Gasteiger partial charge on any atom is 0.258 e. The number of carbonyl (C=O) groups excluding carboxylic acids is 1. The van der Waals surface area contributed by atoms with Gasteiger partial charge in [0.15, 0.2) is 9.84 Å². The number of para-hydroxylation sites is 1. The van der Waals surface area contributed by atoms with Crippen molar-refractivity contribution in [3.8, 4) is 17.1 Å². The minimum atomic E-state index is -3.21. The predicted molar refractivity (Wildman–Crippen MR) is 123 cm³/mol. The number of ether oxygens (including phenoxy) is 1. The third-order valence-corrected chi connectivity index (χ3v) is 7.36. The summed E-state index contributed by atoms with van der Waals surface area (Å²) in [5.74, 6) is 0.859. The van der Waals surface area contributed by atoms with Gasteiger partial charge >= 0.3 is 0 Å². The van der Waals surface area contributed by atoms with E-state index < -0.39 is 15.9 Å². The molecule has 0 aliphatic carbocycles. The molecular weight excluding hydrogens is 445 g/mol. The lowest BCUT2D eigenvalue weighted by Gasteiger charge is -2.28. The number of benzene rings is 2. The second-order valence-electron chi connectivity index (χ2n) is 8.11. The van der Waals surface area contributed by atoms with E-state index in [9.17, 15) is 17.6 Å². The van der Waals surface area contributed by atoms with Crippen molar-refractivity contribution in [2.24, 2.45) is 0 Å². The van der Waals surface area contributed by atoms with Crippen molar-refractivity contribution in [3.63, 3.8) is 0 Å². The van der Waals surface area contributed by atoms with E-state index in [1.54, 1.807) is 53.4 Å². The maximum absolute atomic E-state index is 13.6. The van der Waals surface area contributed by atoms with Crippen LogP contribution >= 0.6 is 0 Å². The number of nitrogens with zero attached hydrogens (tertiary/aromatic N) is 1. The molecule has 174 valence electrons. The van der Waals surface area contributed by atoms with Crippen LogP contribution < -0.4 is 4.74 Å². The summed E-state index contributed by atoms with van der Waals surface area (Å²) in [4.78, 5) is 15.2. The lowest BCUT2D eigenvalue weighted by atomic mass is 10.1. The van der Waals surface area contributed by atoms with Crippen molar-refractivity contribution in [1.82, 2.24) is 4.90 Å². The molecule has 1 saturated heterocycles. The molecule has 0 saturated carbocycles. The summed E-state index contributed by atoms with van der Waals surface area (Å²) in [5.41, 5.74) is 1.10. The Bertz CT molecular complexity index is 1220. The van der Waals surface area contributed by atoms with Crippen LogP contribution in [0.4, 0.5) is 4.39 Å². The molecule has 0 radical (unpaired) electrons. The van der Waals surface area contributed by atoms with Crippen LogP contribution in [-0.2, 0) is 16.4 Å². The highest BCUT2D eigenvalue weighted by molar-refractivity contribution is 7.91. The Balaban J connectivity index is 1.63. The van der Waals surface area contributed by atoms with Gasteiger partial charge in [-0.1, -0.05) is 19.1 Å². The molecule has 2 aromatic carbocycles. The number of sulfone groups is 1. The highest BCUT2D eigenvalue weighted by Gasteiger charge is 2.36. The van der Waals surface area contributed by atoms with E-state index in [0.29, 0.717) is 41.4 Å². The number of hydrogen-bond acceptors (Lipinski definition) is 5. The summed E-state index contributed by atoms with van der Waals surface area (Å²) in [6, 6.07) is 16.0. The first kappa shape index (κ1) is 23.0. The summed E-state index contributed by atoms with van der Waals surface area (Å²) >= 11 is 0. The zero-order valence-corrected chi connectivity index (χ0v) is 19.2. The van der Waals surface area contributed by atoms with E-state index in [1.807, 2.05) is 6.92 Å². The minimum Gasteiger partial charge on any atom is -0.493 e. The summed E-state index contributed by atoms with van der Waals surface area (Å²) in [6.07, 6.45) is 1.17. The molecule has 0 N–H and O–H groups in total. The monoisotopic (exact) mass is 471 g/mol. The average molecular weight is 472 g/mol. The van der Waals surface area contributed by atoms with Gasteiger partial charge in [-0.15, -0.1) is 0 Å². The number of carbonyl (C=O) groups is 1. The highest BCUT2D eigenvalue weighted by atomic mass is 32.2. The Kier molecular flexibility index (Phi) is 6.83. The van der Waals surface area contributed by atoms with Crippen LogP contribution in [0.25, 0.3) is 11.3 Å². The van der Waals surface area contributed by atoms with Gasteiger partial charge in [-0.2, -0.15) is 0 Å². The minimum absolute atomic E-state index is 0.0500. The van der Waals surface area contributed by atoms with Gasteiger partial charge in [-0.25, -0.2) is 12.8 Å². The topological polar surface area (TPSA) is 76.8 Å². The molecule has 0 bridgehead atoms. The Morgan fingerprint density at radius 2 is 1.88 bits per heavy atom. The molecule has 3 aromatic rings. The quantitative estimate of drug-likeness (QED) is 0.476. The molecule has 8 heteroatoms. The van der Waals surface area contributed by atoms with Gasteiger partial charge in [0.1, 0.15) is 23.1 Å². The van der Waals surface area contributed by atoms with Crippen molar-refractivity contribution >= 4 is 15.7 Å². The van der Waals surface area contributed by atoms with Crippen molar-refractivity contribution < 1.29 is 26.8 Å². The summed E-state index contributed by atoms with van der Waals surface area (Å²) in [5, 5.41) is 0. The number of furan rings is 1. The molecule has 2 heterocycles. The zero-order chi connectivity index (χ0) is 23.4. The lowest BCUT2D eigenvalue weighted by Crippen LogP contribution is -2.40. The van der Waals surface area contributed by atoms with Gasteiger partial charge in [-0.3, -0.25) is 4.79 Å². The first-order valence-electron chi connectivity index (χ1n) is 10.9. The molecule has 1 aliphatic rings. The highest BCUT2D eigenvalue weighted by Crippen LogP contribution is 2.28. The number of hydrogen-bond donors (Lipinski definition) is 0. The van der Waals surface area contributed by atoms with E-state index in [0.717, 1.165) is 6.42 Å². The molecule has 4 rings (SSSR count). The molecule has 1 atom stereocenters. The maximum atomic E-state index is 13.6. The van der Waals surface area contributed by atoms with Crippen LogP contribution in [0, 0.1) is 5.82 Å².